The van der Waals surface area contributed by atoms with Crippen LogP contribution in [0.1, 0.15) is 31.8 Å². The van der Waals surface area contributed by atoms with Crippen molar-refractivity contribution in [3.63, 3.8) is 0 Å². The average Bonchev–Trinajstić information content (AvgIpc) is 2.82. The van der Waals surface area contributed by atoms with Gasteiger partial charge in [0.05, 0.1) is 22.8 Å². The fraction of sp³-hybridized carbons (Fsp3) is 0.0870. The van der Waals surface area contributed by atoms with E-state index in [1.165, 1.54) is 19.3 Å². The van der Waals surface area contributed by atoms with Gasteiger partial charge in [-0.25, -0.2) is 9.19 Å². The van der Waals surface area contributed by atoms with E-state index in [2.05, 4.69) is 15.0 Å². The van der Waals surface area contributed by atoms with Crippen molar-refractivity contribution in [1.29, 1.82) is 0 Å². The molecule has 2 heterocycles. The zero-order valence-electron chi connectivity index (χ0n) is 17.2. The molecule has 0 aliphatic carbocycles. The Hall–Kier alpha value is -3.20. The summed E-state index contributed by atoms with van der Waals surface area (Å²) in [6, 6.07) is 12.9. The second kappa shape index (κ2) is 9.74. The van der Waals surface area contributed by atoms with Gasteiger partial charge in [-0.3, -0.25) is 9.59 Å². The van der Waals surface area contributed by atoms with Crippen LogP contribution in [-0.4, -0.2) is 28.0 Å². The lowest BCUT2D eigenvalue weighted by Gasteiger charge is -2.19. The number of carbonyl (C=O) groups is 2. The van der Waals surface area contributed by atoms with Gasteiger partial charge in [-0.1, -0.05) is 29.3 Å². The minimum atomic E-state index is -1.76. The fourth-order valence-electron chi connectivity index (χ4n) is 3.16. The van der Waals surface area contributed by atoms with Crippen LogP contribution in [0.4, 0.5) is 5.69 Å². The van der Waals surface area contributed by atoms with Gasteiger partial charge in [0.15, 0.2) is 11.0 Å². The number of amides is 1. The van der Waals surface area contributed by atoms with Crippen LogP contribution in [-0.2, 0) is 17.5 Å². The molecule has 0 radical (unpaired) electrons. The number of rotatable bonds is 5. The summed E-state index contributed by atoms with van der Waals surface area (Å²) < 4.78 is 20.5. The highest BCUT2D eigenvalue weighted by Crippen LogP contribution is 2.31. The highest BCUT2D eigenvalue weighted by Gasteiger charge is 2.28. The molecule has 4 rings (SSSR count). The zero-order chi connectivity index (χ0) is 23.5. The number of halogens is 2. The number of allylic oxidation sites excluding steroid dienone is 1. The first kappa shape index (κ1) is 23.0. The third-order valence-corrected chi connectivity index (χ3v) is 6.70. The summed E-state index contributed by atoms with van der Waals surface area (Å²) in [6.07, 6.45) is 3.07. The van der Waals surface area contributed by atoms with E-state index >= 15 is 0 Å². The van der Waals surface area contributed by atoms with Crippen molar-refractivity contribution in [3.05, 3.63) is 91.9 Å². The normalized spacial score (nSPS) is 16.2. The second-order valence-electron chi connectivity index (χ2n) is 7.03. The molecule has 7 nitrogen and oxygen atoms in total. The van der Waals surface area contributed by atoms with Crippen LogP contribution in [0.25, 0.3) is 6.08 Å². The summed E-state index contributed by atoms with van der Waals surface area (Å²) in [7, 11) is -0.250. The Morgan fingerprint density at radius 1 is 1.15 bits per heavy atom. The number of carbonyl (C=O) groups excluding carboxylic acids is 2. The van der Waals surface area contributed by atoms with Crippen LogP contribution in [0.5, 0.6) is 5.88 Å². The molecule has 0 bridgehead atoms. The van der Waals surface area contributed by atoms with Crippen molar-refractivity contribution < 1.29 is 18.5 Å². The third-order valence-electron chi connectivity index (χ3n) is 4.86. The molecule has 1 aliphatic rings. The van der Waals surface area contributed by atoms with Crippen LogP contribution in [0.2, 0.25) is 10.0 Å². The topological polar surface area (TPSA) is 97.4 Å². The van der Waals surface area contributed by atoms with Crippen molar-refractivity contribution >= 4 is 57.6 Å². The van der Waals surface area contributed by atoms with Crippen LogP contribution >= 0.6 is 23.2 Å². The molecule has 1 atom stereocenters. The molecule has 1 aromatic heterocycles. The van der Waals surface area contributed by atoms with E-state index in [1.54, 1.807) is 48.7 Å². The highest BCUT2D eigenvalue weighted by atomic mass is 35.5. The fourth-order valence-corrected chi connectivity index (χ4v) is 4.48. The Kier molecular flexibility index (Phi) is 6.78. The van der Waals surface area contributed by atoms with Gasteiger partial charge >= 0.3 is 0 Å². The molecule has 3 aromatic rings. The first-order valence-electron chi connectivity index (χ1n) is 9.67. The molecule has 2 aromatic carbocycles. The van der Waals surface area contributed by atoms with Gasteiger partial charge in [-0.05, 0) is 53.6 Å². The lowest BCUT2D eigenvalue weighted by Crippen LogP contribution is -2.25. The lowest BCUT2D eigenvalue weighted by atomic mass is 10.0. The second-order valence-corrected chi connectivity index (χ2v) is 9.03. The summed E-state index contributed by atoms with van der Waals surface area (Å²) in [5.74, 6) is -0.355. The Morgan fingerprint density at radius 3 is 2.73 bits per heavy atom. The van der Waals surface area contributed by atoms with Gasteiger partial charge in [0.1, 0.15) is 4.91 Å². The van der Waals surface area contributed by atoms with Crippen molar-refractivity contribution in [3.8, 4) is 5.88 Å². The van der Waals surface area contributed by atoms with Crippen molar-refractivity contribution in [2.75, 3.05) is 11.8 Å². The van der Waals surface area contributed by atoms with Crippen LogP contribution in [0.3, 0.4) is 0 Å². The third kappa shape index (κ3) is 5.08. The number of Topliss-reactive ketones (excluding diaryl/α,β-unsaturated/α-hetero) is 1. The molecule has 0 saturated carbocycles. The van der Waals surface area contributed by atoms with Gasteiger partial charge < -0.3 is 14.8 Å². The maximum Gasteiger partial charge on any atom is 0.251 e. The zero-order valence-corrected chi connectivity index (χ0v) is 19.6. The van der Waals surface area contributed by atoms with Gasteiger partial charge in [-0.2, -0.15) is 0 Å². The molecule has 168 valence electrons. The maximum absolute atomic E-state index is 13.1. The van der Waals surface area contributed by atoms with Crippen LogP contribution in [0, 0.1) is 0 Å². The van der Waals surface area contributed by atoms with E-state index in [4.69, 9.17) is 27.9 Å². The molecule has 1 unspecified atom stereocenters. The molecule has 10 heteroatoms. The van der Waals surface area contributed by atoms with E-state index in [0.29, 0.717) is 32.7 Å². The van der Waals surface area contributed by atoms with E-state index < -0.39 is 16.8 Å². The van der Waals surface area contributed by atoms with Crippen molar-refractivity contribution in [1.82, 2.24) is 10.3 Å². The highest BCUT2D eigenvalue weighted by molar-refractivity contribution is 7.91. The summed E-state index contributed by atoms with van der Waals surface area (Å²) in [4.78, 5) is 29.8. The molecular formula is C23H17Cl2N3O4S. The number of benzene rings is 2. The Labute approximate surface area is 202 Å². The molecule has 2 N–H and O–H groups in total. The van der Waals surface area contributed by atoms with E-state index in [9.17, 15) is 13.8 Å². The smallest absolute Gasteiger partial charge is 0.251 e. The minimum absolute atomic E-state index is 0.0438. The Bertz CT molecular complexity index is 1330. The average molecular weight is 502 g/mol. The molecular weight excluding hydrogens is 485 g/mol. The maximum atomic E-state index is 13.1. The van der Waals surface area contributed by atoms with E-state index in [1.807, 2.05) is 0 Å². The number of nitrogens with one attached hydrogen (secondary N) is 2. The summed E-state index contributed by atoms with van der Waals surface area (Å²) in [5.41, 5.74) is 2.33. The van der Waals surface area contributed by atoms with Crippen molar-refractivity contribution in [2.24, 2.45) is 0 Å². The van der Waals surface area contributed by atoms with Gasteiger partial charge in [0.25, 0.3) is 5.91 Å². The Morgan fingerprint density at radius 2 is 1.97 bits per heavy atom. The SMILES string of the molecule is COc1cc(CNC(=O)c2ccc3c(c2)C(=O)/C(=C/c2ccc(Cl)c(Cl)c2)S(=O)N3)ccn1. The lowest BCUT2D eigenvalue weighted by molar-refractivity contribution is 0.0951. The predicted octanol–water partition coefficient (Wildman–Crippen LogP) is 4.64. The number of ketones is 1. The quantitative estimate of drug-likeness (QED) is 0.496. The van der Waals surface area contributed by atoms with Gasteiger partial charge in [-0.15, -0.1) is 0 Å². The summed E-state index contributed by atoms with van der Waals surface area (Å²) in [6.45, 7) is 0.257. The monoisotopic (exact) mass is 501 g/mol. The van der Waals surface area contributed by atoms with Gasteiger partial charge in [0, 0.05) is 29.9 Å². The van der Waals surface area contributed by atoms with Crippen molar-refractivity contribution in [2.45, 2.75) is 6.54 Å². The number of methoxy groups -OCH3 is 1. The standard InChI is InChI=1S/C23H17Cl2N3O4S/c1-32-21-10-14(6-7-26-21)12-27-23(30)15-3-5-19-16(11-15)22(29)20(33(31)28-19)9-13-2-4-17(24)18(25)8-13/h2-11,28H,12H2,1H3,(H,27,30)/b20-9-. The van der Waals surface area contributed by atoms with E-state index in [-0.39, 0.29) is 22.9 Å². The first-order chi connectivity index (χ1) is 15.9. The van der Waals surface area contributed by atoms with Crippen LogP contribution in [0.15, 0.2) is 59.6 Å². The first-order valence-corrected chi connectivity index (χ1v) is 11.6. The number of ether oxygens (including phenoxy) is 1. The number of fused-ring (bicyclic) bond motifs is 1. The van der Waals surface area contributed by atoms with Gasteiger partial charge in [0.2, 0.25) is 11.7 Å². The Balaban J connectivity index is 1.56. The number of anilines is 1. The molecule has 0 saturated heterocycles. The number of pyridine rings is 1. The number of aromatic nitrogens is 1. The summed E-state index contributed by atoms with van der Waals surface area (Å²) in [5, 5.41) is 3.50. The number of hydrogen-bond acceptors (Lipinski definition) is 5. The molecule has 1 amide bonds. The van der Waals surface area contributed by atoms with Crippen LogP contribution < -0.4 is 14.8 Å². The predicted molar refractivity (Wildman–Crippen MR) is 129 cm³/mol. The number of hydrogen-bond donors (Lipinski definition) is 2. The largest absolute Gasteiger partial charge is 0.481 e. The summed E-state index contributed by atoms with van der Waals surface area (Å²) >= 11 is 12.0. The molecule has 0 fully saturated rings. The van der Waals surface area contributed by atoms with E-state index in [0.717, 1.165) is 5.56 Å². The molecule has 0 spiro atoms. The minimum Gasteiger partial charge on any atom is -0.481 e. The molecule has 1 aliphatic heterocycles. The number of nitrogens with zero attached hydrogens (tertiary/aromatic N) is 1. The molecule has 33 heavy (non-hydrogen) atoms.